The van der Waals surface area contributed by atoms with E-state index in [1.54, 1.807) is 34.9 Å². The van der Waals surface area contributed by atoms with Gasteiger partial charge in [-0.2, -0.15) is 0 Å². The van der Waals surface area contributed by atoms with Crippen LogP contribution in [0.3, 0.4) is 0 Å². The molecule has 0 saturated carbocycles. The van der Waals surface area contributed by atoms with Crippen LogP contribution in [0, 0.1) is 5.82 Å². The predicted octanol–water partition coefficient (Wildman–Crippen LogP) is 2.28. The number of carbonyl (C=O) groups excluding carboxylic acids is 1. The van der Waals surface area contributed by atoms with Crippen molar-refractivity contribution in [1.29, 1.82) is 0 Å². The topological polar surface area (TPSA) is 79.4 Å². The number of aromatic nitrogens is 2. The van der Waals surface area contributed by atoms with Crippen LogP contribution in [0.4, 0.5) is 4.39 Å². The van der Waals surface area contributed by atoms with E-state index in [4.69, 9.17) is 4.74 Å². The number of nitrogens with one attached hydrogen (secondary N) is 2. The second kappa shape index (κ2) is 7.71. The first-order valence-electron chi connectivity index (χ1n) is 9.53. The number of aromatic amines is 1. The van der Waals surface area contributed by atoms with Gasteiger partial charge in [-0.3, -0.25) is 9.36 Å². The largest absolute Gasteiger partial charge is 0.490 e. The number of imidazole rings is 1. The Morgan fingerprint density at radius 1 is 1.34 bits per heavy atom. The van der Waals surface area contributed by atoms with E-state index in [-0.39, 0.29) is 23.4 Å². The van der Waals surface area contributed by atoms with E-state index in [9.17, 15) is 14.0 Å². The van der Waals surface area contributed by atoms with Gasteiger partial charge in [0.25, 0.3) is 5.91 Å². The van der Waals surface area contributed by atoms with Crippen molar-refractivity contribution in [2.24, 2.45) is 0 Å². The van der Waals surface area contributed by atoms with Crippen LogP contribution in [0.15, 0.2) is 41.2 Å². The third-order valence-corrected chi connectivity index (χ3v) is 5.14. The first-order valence-corrected chi connectivity index (χ1v) is 9.53. The molecule has 2 heterocycles. The summed E-state index contributed by atoms with van der Waals surface area (Å²) in [6, 6.07) is 9.50. The lowest BCUT2D eigenvalue weighted by atomic mass is 9.99. The first-order chi connectivity index (χ1) is 13.9. The zero-order chi connectivity index (χ0) is 20.5. The Balaban J connectivity index is 1.61. The molecule has 1 aromatic heterocycles. The summed E-state index contributed by atoms with van der Waals surface area (Å²) >= 11 is 0. The van der Waals surface area contributed by atoms with Crippen molar-refractivity contribution in [2.75, 3.05) is 27.2 Å². The molecule has 2 aromatic carbocycles. The van der Waals surface area contributed by atoms with Crippen molar-refractivity contribution in [3.05, 3.63) is 63.8 Å². The summed E-state index contributed by atoms with van der Waals surface area (Å²) in [7, 11) is 3.88. The van der Waals surface area contributed by atoms with Gasteiger partial charge < -0.3 is 19.9 Å². The highest BCUT2D eigenvalue weighted by atomic mass is 19.1. The molecule has 1 amide bonds. The van der Waals surface area contributed by atoms with Crippen LogP contribution >= 0.6 is 0 Å². The Kier molecular flexibility index (Phi) is 5.10. The summed E-state index contributed by atoms with van der Waals surface area (Å²) in [5, 5.41) is 2.97. The summed E-state index contributed by atoms with van der Waals surface area (Å²) in [6.07, 6.45) is 0.558. The number of para-hydroxylation sites is 1. The molecule has 0 spiro atoms. The number of hydrogen-bond donors (Lipinski definition) is 2. The zero-order valence-electron chi connectivity index (χ0n) is 16.4. The number of nitrogens with zero attached hydrogens (tertiary/aromatic N) is 2. The minimum atomic E-state index is -0.430. The van der Waals surface area contributed by atoms with Crippen molar-refractivity contribution in [2.45, 2.75) is 19.0 Å². The molecule has 0 saturated heterocycles. The number of amides is 1. The second-order valence-corrected chi connectivity index (χ2v) is 7.44. The van der Waals surface area contributed by atoms with Crippen molar-refractivity contribution >= 4 is 16.9 Å². The van der Waals surface area contributed by atoms with E-state index in [1.165, 1.54) is 6.07 Å². The van der Waals surface area contributed by atoms with Crippen molar-refractivity contribution in [3.63, 3.8) is 0 Å². The number of carbonyl (C=O) groups is 1. The minimum absolute atomic E-state index is 0.197. The average molecular weight is 398 g/mol. The van der Waals surface area contributed by atoms with Gasteiger partial charge in [0, 0.05) is 30.6 Å². The Morgan fingerprint density at radius 2 is 2.17 bits per heavy atom. The number of ether oxygens (including phenoxy) is 1. The number of H-pyrrole nitrogens is 1. The Labute approximate surface area is 167 Å². The molecule has 3 aromatic rings. The summed E-state index contributed by atoms with van der Waals surface area (Å²) in [5.41, 5.74) is 2.25. The van der Waals surface area contributed by atoms with Gasteiger partial charge in [-0.05, 0) is 38.4 Å². The lowest BCUT2D eigenvalue weighted by molar-refractivity contribution is 0.0924. The van der Waals surface area contributed by atoms with E-state index in [0.717, 1.165) is 0 Å². The Hall–Kier alpha value is -3.13. The standard InChI is InChI=1S/C21H23FN4O3/c1-25(2)9-10-26-18-12-13(6-7-17(18)24-21(26)28)20(27)23-16-8-11-29-19-14(16)4-3-5-15(19)22/h3-7,12,16H,8-11H2,1-2H3,(H,23,27)(H,24,28). The lowest BCUT2D eigenvalue weighted by Crippen LogP contribution is -2.32. The van der Waals surface area contributed by atoms with Gasteiger partial charge in [0.1, 0.15) is 0 Å². The van der Waals surface area contributed by atoms with Gasteiger partial charge in [-0.1, -0.05) is 12.1 Å². The molecule has 1 unspecified atom stereocenters. The summed E-state index contributed by atoms with van der Waals surface area (Å²) in [4.78, 5) is 29.9. The molecular weight excluding hydrogens is 375 g/mol. The molecule has 0 aliphatic carbocycles. The van der Waals surface area contributed by atoms with Gasteiger partial charge in [0.2, 0.25) is 0 Å². The molecule has 4 rings (SSSR count). The first kappa shape index (κ1) is 19.2. The van der Waals surface area contributed by atoms with Crippen molar-refractivity contribution in [3.8, 4) is 5.75 Å². The number of hydrogen-bond acceptors (Lipinski definition) is 4. The van der Waals surface area contributed by atoms with Crippen molar-refractivity contribution < 1.29 is 13.9 Å². The highest BCUT2D eigenvalue weighted by Crippen LogP contribution is 2.34. The molecule has 1 aliphatic rings. The highest BCUT2D eigenvalue weighted by molar-refractivity contribution is 5.97. The van der Waals surface area contributed by atoms with E-state index in [1.807, 2.05) is 19.0 Å². The van der Waals surface area contributed by atoms with Crippen LogP contribution in [0.1, 0.15) is 28.4 Å². The maximum Gasteiger partial charge on any atom is 0.326 e. The van der Waals surface area contributed by atoms with E-state index < -0.39 is 5.82 Å². The number of rotatable bonds is 5. The zero-order valence-corrected chi connectivity index (χ0v) is 16.4. The van der Waals surface area contributed by atoms with Crippen LogP contribution in [0.5, 0.6) is 5.75 Å². The van der Waals surface area contributed by atoms with Crippen LogP contribution in [0.2, 0.25) is 0 Å². The van der Waals surface area contributed by atoms with E-state index >= 15 is 0 Å². The third-order valence-electron chi connectivity index (χ3n) is 5.14. The van der Waals surface area contributed by atoms with Crippen LogP contribution in [-0.4, -0.2) is 47.6 Å². The van der Waals surface area contributed by atoms with Crippen molar-refractivity contribution in [1.82, 2.24) is 19.8 Å². The minimum Gasteiger partial charge on any atom is -0.490 e. The number of fused-ring (bicyclic) bond motifs is 2. The highest BCUT2D eigenvalue weighted by Gasteiger charge is 2.25. The second-order valence-electron chi connectivity index (χ2n) is 7.44. The Morgan fingerprint density at radius 3 is 2.97 bits per heavy atom. The average Bonchev–Trinajstić information content (AvgIpc) is 3.01. The molecular formula is C21H23FN4O3. The lowest BCUT2D eigenvalue weighted by Gasteiger charge is -2.27. The molecule has 152 valence electrons. The van der Waals surface area contributed by atoms with Gasteiger partial charge in [-0.25, -0.2) is 9.18 Å². The molecule has 0 bridgehead atoms. The fourth-order valence-electron chi connectivity index (χ4n) is 3.59. The summed E-state index contributed by atoms with van der Waals surface area (Å²) < 4.78 is 21.0. The van der Waals surface area contributed by atoms with Crippen LogP contribution < -0.4 is 15.7 Å². The maximum absolute atomic E-state index is 14.0. The fraction of sp³-hybridized carbons (Fsp3) is 0.333. The Bertz CT molecular complexity index is 1120. The predicted molar refractivity (Wildman–Crippen MR) is 108 cm³/mol. The molecule has 7 nitrogen and oxygen atoms in total. The maximum atomic E-state index is 14.0. The molecule has 1 aliphatic heterocycles. The van der Waals surface area contributed by atoms with E-state index in [2.05, 4.69) is 10.3 Å². The van der Waals surface area contributed by atoms with Gasteiger partial charge >= 0.3 is 5.69 Å². The molecule has 0 fully saturated rings. The quantitative estimate of drug-likeness (QED) is 0.691. The smallest absolute Gasteiger partial charge is 0.326 e. The SMILES string of the molecule is CN(C)CCn1c(=O)[nH]c2ccc(C(=O)NC3CCOc4c(F)cccc43)cc21. The fourth-order valence-corrected chi connectivity index (χ4v) is 3.59. The monoisotopic (exact) mass is 398 g/mol. The van der Waals surface area contributed by atoms with E-state index in [0.29, 0.717) is 48.3 Å². The molecule has 8 heteroatoms. The van der Waals surface area contributed by atoms with Gasteiger partial charge in [0.05, 0.1) is 23.7 Å². The van der Waals surface area contributed by atoms with Crippen LogP contribution in [0.25, 0.3) is 11.0 Å². The normalized spacial score (nSPS) is 15.9. The molecule has 1 atom stereocenters. The van der Waals surface area contributed by atoms with Gasteiger partial charge in [0.15, 0.2) is 11.6 Å². The number of halogens is 1. The third kappa shape index (κ3) is 3.75. The number of likely N-dealkylation sites (N-methyl/N-ethyl adjacent to an activating group) is 1. The number of benzene rings is 2. The molecule has 29 heavy (non-hydrogen) atoms. The van der Waals surface area contributed by atoms with Gasteiger partial charge in [-0.15, -0.1) is 0 Å². The molecule has 2 N–H and O–H groups in total. The summed E-state index contributed by atoms with van der Waals surface area (Å²) in [6.45, 7) is 1.55. The summed E-state index contributed by atoms with van der Waals surface area (Å²) in [5.74, 6) is -0.510. The van der Waals surface area contributed by atoms with Crippen LogP contribution in [-0.2, 0) is 6.54 Å². The molecule has 0 radical (unpaired) electrons.